The van der Waals surface area contributed by atoms with E-state index in [0.717, 1.165) is 56.0 Å². The number of aromatic hydroxyl groups is 1. The second-order valence-electron chi connectivity index (χ2n) is 11.1. The van der Waals surface area contributed by atoms with Crippen LogP contribution in [0.15, 0.2) is 72.9 Å². The number of nitrogens with zero attached hydrogens (tertiary/aromatic N) is 4. The Morgan fingerprint density at radius 3 is 2.58 bits per heavy atom. The Labute approximate surface area is 251 Å². The van der Waals surface area contributed by atoms with Gasteiger partial charge in [-0.3, -0.25) is 4.79 Å². The number of benzene rings is 3. The molecule has 1 aliphatic heterocycles. The van der Waals surface area contributed by atoms with Crippen molar-refractivity contribution in [3.05, 3.63) is 89.6 Å². The molecule has 0 aliphatic carbocycles. The number of phenols is 1. The number of aromatic amines is 1. The molecular formula is C34H36N6O3. The molecule has 0 bridgehead atoms. The molecule has 1 aliphatic rings. The Bertz CT molecular complexity index is 1760. The van der Waals surface area contributed by atoms with Crippen LogP contribution in [0, 0.1) is 6.92 Å². The number of carbonyl (C=O) groups excluding carboxylic acids is 1. The summed E-state index contributed by atoms with van der Waals surface area (Å²) in [6.07, 6.45) is 2.67. The van der Waals surface area contributed by atoms with Gasteiger partial charge in [-0.1, -0.05) is 12.1 Å². The van der Waals surface area contributed by atoms with Gasteiger partial charge in [0.05, 0.1) is 23.7 Å². The third kappa shape index (κ3) is 6.23. The van der Waals surface area contributed by atoms with Crippen LogP contribution >= 0.6 is 0 Å². The fraction of sp³-hybridized carbons (Fsp3) is 0.265. The number of ether oxygens (including phenoxy) is 1. The fourth-order valence-corrected chi connectivity index (χ4v) is 5.48. The van der Waals surface area contributed by atoms with Gasteiger partial charge in [0.1, 0.15) is 11.6 Å². The van der Waals surface area contributed by atoms with Gasteiger partial charge in [-0.25, -0.2) is 9.97 Å². The molecule has 9 nitrogen and oxygen atoms in total. The predicted molar refractivity (Wildman–Crippen MR) is 170 cm³/mol. The summed E-state index contributed by atoms with van der Waals surface area (Å²) in [7, 11) is 3.75. The number of anilines is 1. The zero-order valence-electron chi connectivity index (χ0n) is 24.7. The molecule has 1 fully saturated rings. The maximum atomic E-state index is 13.1. The van der Waals surface area contributed by atoms with E-state index in [1.807, 2.05) is 49.4 Å². The summed E-state index contributed by atoms with van der Waals surface area (Å²) in [5, 5.41) is 13.9. The Kier molecular flexibility index (Phi) is 8.09. The second-order valence-corrected chi connectivity index (χ2v) is 11.1. The minimum Gasteiger partial charge on any atom is -0.507 e. The van der Waals surface area contributed by atoms with Crippen molar-refractivity contribution in [1.29, 1.82) is 0 Å². The van der Waals surface area contributed by atoms with Gasteiger partial charge in [0.25, 0.3) is 5.91 Å². The van der Waals surface area contributed by atoms with Crippen LogP contribution in [0.25, 0.3) is 33.5 Å². The number of likely N-dealkylation sites (N-methyl/N-ethyl adjacent to an activating group) is 1. The van der Waals surface area contributed by atoms with Crippen molar-refractivity contribution in [2.45, 2.75) is 13.3 Å². The highest BCUT2D eigenvalue weighted by Crippen LogP contribution is 2.38. The third-order valence-electron chi connectivity index (χ3n) is 8.10. The summed E-state index contributed by atoms with van der Waals surface area (Å²) in [5.41, 5.74) is 6.82. The molecule has 0 atom stereocenters. The summed E-state index contributed by atoms with van der Waals surface area (Å²) >= 11 is 0. The molecule has 0 unspecified atom stereocenters. The molecule has 2 aromatic heterocycles. The molecule has 3 aromatic carbocycles. The lowest BCUT2D eigenvalue weighted by atomic mass is 9.99. The van der Waals surface area contributed by atoms with Gasteiger partial charge in [-0.05, 0) is 91.7 Å². The van der Waals surface area contributed by atoms with Crippen LogP contribution in [-0.2, 0) is 6.42 Å². The molecular weight excluding hydrogens is 540 g/mol. The molecule has 1 saturated heterocycles. The topological polar surface area (TPSA) is 107 Å². The lowest BCUT2D eigenvalue weighted by Gasteiger charge is -2.32. The molecule has 9 heteroatoms. The average molecular weight is 577 g/mol. The Balaban J connectivity index is 1.17. The number of carbonyl (C=O) groups is 1. The first-order valence-electron chi connectivity index (χ1n) is 14.5. The van der Waals surface area contributed by atoms with Gasteiger partial charge in [0.2, 0.25) is 5.88 Å². The van der Waals surface area contributed by atoms with Crippen molar-refractivity contribution in [3.63, 3.8) is 0 Å². The lowest BCUT2D eigenvalue weighted by Crippen LogP contribution is -2.45. The molecule has 5 aromatic rings. The molecule has 220 valence electrons. The predicted octanol–water partition coefficient (Wildman–Crippen LogP) is 5.36. The van der Waals surface area contributed by atoms with Crippen LogP contribution in [0.2, 0.25) is 0 Å². The van der Waals surface area contributed by atoms with Crippen LogP contribution in [0.5, 0.6) is 11.6 Å². The average Bonchev–Trinajstić information content (AvgIpc) is 3.46. The number of H-pyrrole nitrogens is 1. The molecule has 0 saturated carbocycles. The van der Waals surface area contributed by atoms with Crippen molar-refractivity contribution in [2.75, 3.05) is 52.2 Å². The van der Waals surface area contributed by atoms with Crippen LogP contribution < -0.4 is 10.1 Å². The van der Waals surface area contributed by atoms with Gasteiger partial charge in [-0.2, -0.15) is 0 Å². The lowest BCUT2D eigenvalue weighted by molar-refractivity contribution is 0.102. The molecule has 1 amide bonds. The van der Waals surface area contributed by atoms with E-state index in [0.29, 0.717) is 39.4 Å². The summed E-state index contributed by atoms with van der Waals surface area (Å²) in [5.74, 6) is 0.937. The minimum absolute atomic E-state index is 0.135. The highest BCUT2D eigenvalue weighted by Gasteiger charge is 2.18. The number of hydrogen-bond donors (Lipinski definition) is 3. The number of imidazole rings is 1. The maximum absolute atomic E-state index is 13.1. The Hall–Kier alpha value is -4.73. The summed E-state index contributed by atoms with van der Waals surface area (Å²) < 4.78 is 5.45. The SMILES string of the molecule is COc1ncccc1-c1cc(C)c(O)c(-c2nc3ccc(C(=O)Nc4ccc(CCN5CCN(C)CC5)cc4)cc3[nH]2)c1. The van der Waals surface area contributed by atoms with Gasteiger partial charge in [0, 0.05) is 55.7 Å². The van der Waals surface area contributed by atoms with Crippen molar-refractivity contribution >= 4 is 22.6 Å². The quantitative estimate of drug-likeness (QED) is 0.228. The summed E-state index contributed by atoms with van der Waals surface area (Å²) in [6.45, 7) is 7.35. The highest BCUT2D eigenvalue weighted by atomic mass is 16.5. The van der Waals surface area contributed by atoms with E-state index in [-0.39, 0.29) is 11.7 Å². The third-order valence-corrected chi connectivity index (χ3v) is 8.10. The number of methoxy groups -OCH3 is 1. The standard InChI is InChI=1S/C34H36N6O3/c1-22-19-25(27-5-4-13-35-34(27)43-3)20-28(31(22)41)32-37-29-11-8-24(21-30(29)38-32)33(42)36-26-9-6-23(7-10-26)12-14-40-17-15-39(2)16-18-40/h4-11,13,19-21,41H,12,14-18H2,1-3H3,(H,36,42)(H,37,38). The van der Waals surface area contributed by atoms with E-state index in [9.17, 15) is 9.90 Å². The molecule has 3 N–H and O–H groups in total. The van der Waals surface area contributed by atoms with Gasteiger partial charge < -0.3 is 29.9 Å². The highest BCUT2D eigenvalue weighted by molar-refractivity contribution is 6.06. The first-order chi connectivity index (χ1) is 20.9. The normalized spacial score (nSPS) is 14.2. The van der Waals surface area contributed by atoms with Crippen molar-refractivity contribution in [3.8, 4) is 34.1 Å². The zero-order chi connectivity index (χ0) is 29.9. The number of amides is 1. The van der Waals surface area contributed by atoms with Crippen molar-refractivity contribution in [2.24, 2.45) is 0 Å². The first-order valence-corrected chi connectivity index (χ1v) is 14.5. The number of nitrogens with one attached hydrogen (secondary N) is 2. The molecule has 3 heterocycles. The Morgan fingerprint density at radius 2 is 1.81 bits per heavy atom. The summed E-state index contributed by atoms with van der Waals surface area (Å²) in [6, 6.07) is 21.0. The molecule has 43 heavy (non-hydrogen) atoms. The number of aromatic nitrogens is 3. The van der Waals surface area contributed by atoms with Crippen molar-refractivity contribution in [1.82, 2.24) is 24.8 Å². The number of hydrogen-bond acceptors (Lipinski definition) is 7. The number of aryl methyl sites for hydroxylation is 1. The number of rotatable bonds is 8. The Morgan fingerprint density at radius 1 is 1.02 bits per heavy atom. The maximum Gasteiger partial charge on any atom is 0.255 e. The monoisotopic (exact) mass is 576 g/mol. The van der Waals surface area contributed by atoms with Gasteiger partial charge >= 0.3 is 0 Å². The molecule has 0 spiro atoms. The van der Waals surface area contributed by atoms with Crippen LogP contribution in [0.1, 0.15) is 21.5 Å². The number of piperazine rings is 1. The first kappa shape index (κ1) is 28.4. The van der Waals surface area contributed by atoms with E-state index in [1.165, 1.54) is 5.56 Å². The van der Waals surface area contributed by atoms with Crippen LogP contribution in [-0.4, -0.2) is 82.6 Å². The summed E-state index contributed by atoms with van der Waals surface area (Å²) in [4.78, 5) is 30.3. The number of phenolic OH excluding ortho intramolecular Hbond substituents is 1. The van der Waals surface area contributed by atoms with E-state index in [2.05, 4.69) is 44.3 Å². The van der Waals surface area contributed by atoms with Gasteiger partial charge in [0.15, 0.2) is 0 Å². The van der Waals surface area contributed by atoms with E-state index in [1.54, 1.807) is 25.4 Å². The van der Waals surface area contributed by atoms with Crippen LogP contribution in [0.3, 0.4) is 0 Å². The van der Waals surface area contributed by atoms with Gasteiger partial charge in [-0.15, -0.1) is 0 Å². The smallest absolute Gasteiger partial charge is 0.255 e. The molecule has 0 radical (unpaired) electrons. The van der Waals surface area contributed by atoms with E-state index < -0.39 is 0 Å². The van der Waals surface area contributed by atoms with Crippen molar-refractivity contribution < 1.29 is 14.6 Å². The number of pyridine rings is 1. The second kappa shape index (κ2) is 12.2. The zero-order valence-corrected chi connectivity index (χ0v) is 24.7. The van der Waals surface area contributed by atoms with E-state index in [4.69, 9.17) is 9.72 Å². The molecule has 6 rings (SSSR count). The largest absolute Gasteiger partial charge is 0.507 e. The minimum atomic E-state index is -0.201. The van der Waals surface area contributed by atoms with E-state index >= 15 is 0 Å². The number of fused-ring (bicyclic) bond motifs is 1. The fourth-order valence-electron chi connectivity index (χ4n) is 5.48. The van der Waals surface area contributed by atoms with Crippen LogP contribution in [0.4, 0.5) is 5.69 Å².